The highest BCUT2D eigenvalue weighted by atomic mass is 79.9. The topological polar surface area (TPSA) is 17.8 Å². The summed E-state index contributed by atoms with van der Waals surface area (Å²) in [5.41, 5.74) is 3.57. The molecule has 19 heavy (non-hydrogen) atoms. The van der Waals surface area contributed by atoms with Gasteiger partial charge in [0.15, 0.2) is 0 Å². The van der Waals surface area contributed by atoms with E-state index in [0.29, 0.717) is 0 Å². The number of benzene rings is 2. The first kappa shape index (κ1) is 12.2. The van der Waals surface area contributed by atoms with E-state index in [0.717, 1.165) is 16.6 Å². The van der Waals surface area contributed by atoms with Gasteiger partial charge in [0.05, 0.1) is 12.7 Å². The highest BCUT2D eigenvalue weighted by Gasteiger charge is 2.03. The molecule has 0 fully saturated rings. The molecule has 3 heteroatoms. The molecule has 0 N–H and O–H groups in total. The predicted octanol–water partition coefficient (Wildman–Crippen LogP) is 4.36. The van der Waals surface area contributed by atoms with Crippen molar-refractivity contribution in [1.82, 2.24) is 9.78 Å². The van der Waals surface area contributed by atoms with Crippen LogP contribution in [0.2, 0.25) is 0 Å². The van der Waals surface area contributed by atoms with Crippen molar-refractivity contribution in [3.05, 3.63) is 77.0 Å². The average molecular weight is 313 g/mol. The van der Waals surface area contributed by atoms with Crippen LogP contribution in [0.5, 0.6) is 0 Å². The van der Waals surface area contributed by atoms with Gasteiger partial charge < -0.3 is 0 Å². The van der Waals surface area contributed by atoms with Crippen LogP contribution in [0, 0.1) is 0 Å². The lowest BCUT2D eigenvalue weighted by Crippen LogP contribution is -2.00. The summed E-state index contributed by atoms with van der Waals surface area (Å²) in [5, 5.41) is 4.42. The van der Waals surface area contributed by atoms with E-state index in [9.17, 15) is 0 Å². The normalized spacial score (nSPS) is 10.6. The van der Waals surface area contributed by atoms with Crippen molar-refractivity contribution in [2.45, 2.75) is 6.54 Å². The van der Waals surface area contributed by atoms with Crippen LogP contribution in [0.1, 0.15) is 5.56 Å². The Hall–Kier alpha value is -1.87. The predicted molar refractivity (Wildman–Crippen MR) is 80.9 cm³/mol. The maximum atomic E-state index is 4.42. The lowest BCUT2D eigenvalue weighted by atomic mass is 10.1. The van der Waals surface area contributed by atoms with Crippen molar-refractivity contribution < 1.29 is 0 Å². The Morgan fingerprint density at radius 2 is 1.63 bits per heavy atom. The van der Waals surface area contributed by atoms with Gasteiger partial charge in [0, 0.05) is 16.2 Å². The zero-order chi connectivity index (χ0) is 13.1. The van der Waals surface area contributed by atoms with E-state index in [4.69, 9.17) is 0 Å². The van der Waals surface area contributed by atoms with Crippen LogP contribution >= 0.6 is 15.9 Å². The first-order valence-corrected chi connectivity index (χ1v) is 6.93. The van der Waals surface area contributed by atoms with Crippen molar-refractivity contribution in [2.24, 2.45) is 0 Å². The van der Waals surface area contributed by atoms with Crippen LogP contribution in [-0.4, -0.2) is 9.78 Å². The van der Waals surface area contributed by atoms with Crippen LogP contribution in [0.3, 0.4) is 0 Å². The third kappa shape index (κ3) is 2.76. The number of hydrogen-bond acceptors (Lipinski definition) is 1. The fraction of sp³-hybridized carbons (Fsp3) is 0.0625. The summed E-state index contributed by atoms with van der Waals surface area (Å²) in [6, 6.07) is 18.5. The minimum Gasteiger partial charge on any atom is -0.268 e. The summed E-state index contributed by atoms with van der Waals surface area (Å²) in [4.78, 5) is 0. The van der Waals surface area contributed by atoms with Gasteiger partial charge in [-0.25, -0.2) is 0 Å². The molecule has 94 valence electrons. The second-order valence-electron chi connectivity index (χ2n) is 4.38. The molecule has 0 unspecified atom stereocenters. The zero-order valence-corrected chi connectivity index (χ0v) is 11.9. The standard InChI is InChI=1S/C16H13BrN2/c17-16-9-5-4-8-14(16)11-19-12-15(10-18-19)13-6-2-1-3-7-13/h1-10,12H,11H2. The van der Waals surface area contributed by atoms with Gasteiger partial charge in [0.2, 0.25) is 0 Å². The fourth-order valence-corrected chi connectivity index (χ4v) is 2.44. The summed E-state index contributed by atoms with van der Waals surface area (Å²) in [7, 11) is 0. The van der Waals surface area contributed by atoms with Gasteiger partial charge in [-0.2, -0.15) is 5.10 Å². The van der Waals surface area contributed by atoms with Crippen LogP contribution < -0.4 is 0 Å². The van der Waals surface area contributed by atoms with Crippen LogP contribution in [0.25, 0.3) is 11.1 Å². The minimum atomic E-state index is 0.772. The van der Waals surface area contributed by atoms with Crippen LogP contribution in [-0.2, 0) is 6.54 Å². The first-order chi connectivity index (χ1) is 9.33. The molecule has 2 aromatic carbocycles. The van der Waals surface area contributed by atoms with Gasteiger partial charge in [0.25, 0.3) is 0 Å². The van der Waals surface area contributed by atoms with E-state index in [1.54, 1.807) is 0 Å². The number of rotatable bonds is 3. The van der Waals surface area contributed by atoms with E-state index in [1.165, 1.54) is 11.1 Å². The second-order valence-corrected chi connectivity index (χ2v) is 5.24. The fourth-order valence-electron chi connectivity index (χ4n) is 2.03. The molecular formula is C16H13BrN2. The Bertz CT molecular complexity index is 674. The number of aromatic nitrogens is 2. The molecule has 3 rings (SSSR count). The van der Waals surface area contributed by atoms with E-state index >= 15 is 0 Å². The molecule has 0 radical (unpaired) electrons. The monoisotopic (exact) mass is 312 g/mol. The second kappa shape index (κ2) is 5.41. The molecule has 0 bridgehead atoms. The maximum absolute atomic E-state index is 4.42. The van der Waals surface area contributed by atoms with E-state index in [1.807, 2.05) is 41.2 Å². The highest BCUT2D eigenvalue weighted by molar-refractivity contribution is 9.10. The summed E-state index contributed by atoms with van der Waals surface area (Å²) >= 11 is 3.56. The third-order valence-electron chi connectivity index (χ3n) is 3.03. The SMILES string of the molecule is Brc1ccccc1Cn1cc(-c2ccccc2)cn1. The molecule has 2 nitrogen and oxygen atoms in total. The number of hydrogen-bond donors (Lipinski definition) is 0. The average Bonchev–Trinajstić information content (AvgIpc) is 2.91. The number of halogens is 1. The summed E-state index contributed by atoms with van der Waals surface area (Å²) in [5.74, 6) is 0. The van der Waals surface area contributed by atoms with Gasteiger partial charge in [-0.05, 0) is 17.2 Å². The Labute approximate surface area is 120 Å². The van der Waals surface area contributed by atoms with Gasteiger partial charge in [-0.15, -0.1) is 0 Å². The Balaban J connectivity index is 1.85. The lowest BCUT2D eigenvalue weighted by molar-refractivity contribution is 0.685. The quantitative estimate of drug-likeness (QED) is 0.702. The molecule has 0 amide bonds. The van der Waals surface area contributed by atoms with Gasteiger partial charge in [-0.1, -0.05) is 64.5 Å². The Morgan fingerprint density at radius 3 is 2.42 bits per heavy atom. The largest absolute Gasteiger partial charge is 0.268 e. The summed E-state index contributed by atoms with van der Waals surface area (Å²) in [6.07, 6.45) is 3.99. The van der Waals surface area contributed by atoms with Crippen molar-refractivity contribution in [3.63, 3.8) is 0 Å². The Morgan fingerprint density at radius 1 is 0.895 bits per heavy atom. The van der Waals surface area contributed by atoms with Gasteiger partial charge in [0.1, 0.15) is 0 Å². The highest BCUT2D eigenvalue weighted by Crippen LogP contribution is 2.20. The Kier molecular flexibility index (Phi) is 3.47. The van der Waals surface area contributed by atoms with Crippen molar-refractivity contribution in [2.75, 3.05) is 0 Å². The molecule has 0 saturated carbocycles. The summed E-state index contributed by atoms with van der Waals surface area (Å²) < 4.78 is 3.08. The first-order valence-electron chi connectivity index (χ1n) is 6.14. The molecule has 1 heterocycles. The van der Waals surface area contributed by atoms with Crippen LogP contribution in [0.4, 0.5) is 0 Å². The van der Waals surface area contributed by atoms with Crippen LogP contribution in [0.15, 0.2) is 71.5 Å². The van der Waals surface area contributed by atoms with Crippen molar-refractivity contribution in [1.29, 1.82) is 0 Å². The molecule has 0 aliphatic rings. The molecule has 0 aliphatic carbocycles. The molecule has 0 atom stereocenters. The number of nitrogens with zero attached hydrogens (tertiary/aromatic N) is 2. The van der Waals surface area contributed by atoms with Gasteiger partial charge in [-0.3, -0.25) is 4.68 Å². The molecule has 3 aromatic rings. The lowest BCUT2D eigenvalue weighted by Gasteiger charge is -2.04. The summed E-state index contributed by atoms with van der Waals surface area (Å²) in [6.45, 7) is 0.772. The van der Waals surface area contributed by atoms with Crippen molar-refractivity contribution >= 4 is 15.9 Å². The van der Waals surface area contributed by atoms with Gasteiger partial charge >= 0.3 is 0 Å². The molecule has 0 spiro atoms. The minimum absolute atomic E-state index is 0.772. The molecule has 0 aliphatic heterocycles. The smallest absolute Gasteiger partial charge is 0.0670 e. The molecule has 0 saturated heterocycles. The van der Waals surface area contributed by atoms with E-state index in [-0.39, 0.29) is 0 Å². The van der Waals surface area contributed by atoms with Crippen molar-refractivity contribution in [3.8, 4) is 11.1 Å². The third-order valence-corrected chi connectivity index (χ3v) is 3.80. The molecule has 1 aromatic heterocycles. The van der Waals surface area contributed by atoms with E-state index < -0.39 is 0 Å². The maximum Gasteiger partial charge on any atom is 0.0670 e. The van der Waals surface area contributed by atoms with E-state index in [2.05, 4.69) is 51.5 Å². The zero-order valence-electron chi connectivity index (χ0n) is 10.3. The molecular weight excluding hydrogens is 300 g/mol.